The maximum atomic E-state index is 10.6. The van der Waals surface area contributed by atoms with Gasteiger partial charge in [0.15, 0.2) is 0 Å². The lowest BCUT2D eigenvalue weighted by molar-refractivity contribution is -0.389. The molecule has 1 aromatic heterocycles. The fourth-order valence-corrected chi connectivity index (χ4v) is 1.91. The van der Waals surface area contributed by atoms with Crippen molar-refractivity contribution in [1.82, 2.24) is 9.78 Å². The van der Waals surface area contributed by atoms with Crippen LogP contribution in [0.2, 0.25) is 0 Å². The first-order valence-electron chi connectivity index (χ1n) is 5.47. The zero-order valence-electron chi connectivity index (χ0n) is 9.26. The summed E-state index contributed by atoms with van der Waals surface area (Å²) in [6, 6.07) is 1.49. The molecule has 16 heavy (non-hydrogen) atoms. The Kier molecular flexibility index (Phi) is 3.19. The fourth-order valence-electron chi connectivity index (χ4n) is 1.91. The number of aryl methyl sites for hydroxylation is 1. The van der Waals surface area contributed by atoms with Gasteiger partial charge in [-0.3, -0.25) is 0 Å². The summed E-state index contributed by atoms with van der Waals surface area (Å²) < 4.78 is 7.24. The van der Waals surface area contributed by atoms with Crippen LogP contribution >= 0.6 is 0 Å². The van der Waals surface area contributed by atoms with Gasteiger partial charge in [0.2, 0.25) is 0 Å². The van der Waals surface area contributed by atoms with Crippen molar-refractivity contribution in [3.8, 4) is 0 Å². The minimum absolute atomic E-state index is 0.0895. The number of nitrogens with zero attached hydrogens (tertiary/aromatic N) is 3. The maximum absolute atomic E-state index is 10.6. The van der Waals surface area contributed by atoms with E-state index in [4.69, 9.17) is 4.74 Å². The zero-order valence-corrected chi connectivity index (χ0v) is 9.26. The molecular formula is C10H15N3O3. The Balaban J connectivity index is 2.05. The topological polar surface area (TPSA) is 70.2 Å². The monoisotopic (exact) mass is 225 g/mol. The highest BCUT2D eigenvalue weighted by molar-refractivity contribution is 5.20. The molecule has 1 atom stereocenters. The van der Waals surface area contributed by atoms with E-state index < -0.39 is 4.92 Å². The molecule has 0 bridgehead atoms. The Labute approximate surface area is 93.4 Å². The summed E-state index contributed by atoms with van der Waals surface area (Å²) in [6.45, 7) is 3.22. The van der Waals surface area contributed by atoms with Crippen LogP contribution in [-0.2, 0) is 11.3 Å². The first kappa shape index (κ1) is 11.1. The van der Waals surface area contributed by atoms with Crippen LogP contribution in [-0.4, -0.2) is 27.4 Å². The standard InChI is InChI=1S/C10H15N3O3/c1-8-6-10(13(14)15)11-12(8)7-9-4-2-3-5-16-9/h6,9H,2-5,7H2,1H3. The molecule has 1 fully saturated rings. The Morgan fingerprint density at radius 1 is 1.69 bits per heavy atom. The van der Waals surface area contributed by atoms with Gasteiger partial charge in [0.05, 0.1) is 29.5 Å². The summed E-state index contributed by atoms with van der Waals surface area (Å²) >= 11 is 0. The van der Waals surface area contributed by atoms with E-state index in [0.29, 0.717) is 6.54 Å². The van der Waals surface area contributed by atoms with Gasteiger partial charge in [-0.2, -0.15) is 4.68 Å². The fraction of sp³-hybridized carbons (Fsp3) is 0.700. The smallest absolute Gasteiger partial charge is 0.376 e. The van der Waals surface area contributed by atoms with Crippen LogP contribution in [0, 0.1) is 17.0 Å². The molecule has 1 saturated heterocycles. The first-order chi connectivity index (χ1) is 7.66. The van der Waals surface area contributed by atoms with Gasteiger partial charge in [-0.25, -0.2) is 0 Å². The lowest BCUT2D eigenvalue weighted by Gasteiger charge is -2.21. The molecule has 0 N–H and O–H groups in total. The molecule has 0 saturated carbocycles. The van der Waals surface area contributed by atoms with E-state index in [1.54, 1.807) is 4.68 Å². The number of hydrogen-bond donors (Lipinski definition) is 0. The third kappa shape index (κ3) is 2.38. The van der Waals surface area contributed by atoms with Crippen LogP contribution < -0.4 is 0 Å². The SMILES string of the molecule is Cc1cc([N+](=O)[O-])nn1CC1CCCCO1. The van der Waals surface area contributed by atoms with Crippen molar-refractivity contribution in [3.63, 3.8) is 0 Å². The Morgan fingerprint density at radius 2 is 2.50 bits per heavy atom. The largest absolute Gasteiger partial charge is 0.390 e. The number of aromatic nitrogens is 2. The lowest BCUT2D eigenvalue weighted by Crippen LogP contribution is -2.25. The highest BCUT2D eigenvalue weighted by Crippen LogP contribution is 2.17. The summed E-state index contributed by atoms with van der Waals surface area (Å²) in [7, 11) is 0. The third-order valence-corrected chi connectivity index (χ3v) is 2.81. The number of hydrogen-bond acceptors (Lipinski definition) is 4. The summed E-state index contributed by atoms with van der Waals surface area (Å²) in [5, 5.41) is 14.5. The Hall–Kier alpha value is -1.43. The molecular weight excluding hydrogens is 210 g/mol. The molecule has 1 aliphatic heterocycles. The average Bonchev–Trinajstić information content (AvgIpc) is 2.62. The molecule has 88 valence electrons. The Bertz CT molecular complexity index is 383. The van der Waals surface area contributed by atoms with E-state index in [-0.39, 0.29) is 11.9 Å². The second-order valence-electron chi connectivity index (χ2n) is 4.07. The molecule has 1 unspecified atom stereocenters. The zero-order chi connectivity index (χ0) is 11.5. The lowest BCUT2D eigenvalue weighted by atomic mass is 10.1. The molecule has 2 rings (SSSR count). The Morgan fingerprint density at radius 3 is 3.06 bits per heavy atom. The molecule has 0 aliphatic carbocycles. The number of rotatable bonds is 3. The highest BCUT2D eigenvalue weighted by atomic mass is 16.6. The maximum Gasteiger partial charge on any atom is 0.390 e. The predicted molar refractivity (Wildman–Crippen MR) is 57.2 cm³/mol. The molecule has 6 heteroatoms. The summed E-state index contributed by atoms with van der Waals surface area (Å²) in [5.41, 5.74) is 0.806. The van der Waals surface area contributed by atoms with Gasteiger partial charge in [0.1, 0.15) is 0 Å². The average molecular weight is 225 g/mol. The predicted octanol–water partition coefficient (Wildman–Crippen LogP) is 1.67. The van der Waals surface area contributed by atoms with Gasteiger partial charge in [-0.05, 0) is 31.1 Å². The van der Waals surface area contributed by atoms with Gasteiger partial charge in [0, 0.05) is 6.61 Å². The van der Waals surface area contributed by atoms with E-state index >= 15 is 0 Å². The van der Waals surface area contributed by atoms with Crippen LogP contribution in [0.1, 0.15) is 25.0 Å². The normalized spacial score (nSPS) is 20.9. The van der Waals surface area contributed by atoms with Crippen LogP contribution in [0.5, 0.6) is 0 Å². The van der Waals surface area contributed by atoms with E-state index in [0.717, 1.165) is 31.6 Å². The quantitative estimate of drug-likeness (QED) is 0.579. The first-order valence-corrected chi connectivity index (χ1v) is 5.47. The highest BCUT2D eigenvalue weighted by Gasteiger charge is 2.20. The van der Waals surface area contributed by atoms with Crippen LogP contribution in [0.15, 0.2) is 6.07 Å². The van der Waals surface area contributed by atoms with Crippen molar-refractivity contribution in [2.45, 2.75) is 38.8 Å². The summed E-state index contributed by atoms with van der Waals surface area (Å²) in [5.74, 6) is -0.0895. The van der Waals surface area contributed by atoms with Crippen LogP contribution in [0.25, 0.3) is 0 Å². The van der Waals surface area contributed by atoms with E-state index in [1.807, 2.05) is 6.92 Å². The molecule has 0 spiro atoms. The van der Waals surface area contributed by atoms with Crippen molar-refractivity contribution in [2.24, 2.45) is 0 Å². The van der Waals surface area contributed by atoms with Crippen molar-refractivity contribution >= 4 is 5.82 Å². The van der Waals surface area contributed by atoms with E-state index in [2.05, 4.69) is 5.10 Å². The van der Waals surface area contributed by atoms with Crippen LogP contribution in [0.3, 0.4) is 0 Å². The second kappa shape index (κ2) is 4.61. The summed E-state index contributed by atoms with van der Waals surface area (Å²) in [6.07, 6.45) is 3.42. The van der Waals surface area contributed by atoms with E-state index in [9.17, 15) is 10.1 Å². The van der Waals surface area contributed by atoms with Crippen molar-refractivity contribution in [1.29, 1.82) is 0 Å². The molecule has 1 aromatic rings. The molecule has 2 heterocycles. The van der Waals surface area contributed by atoms with Crippen molar-refractivity contribution in [3.05, 3.63) is 21.9 Å². The molecule has 0 aromatic carbocycles. The van der Waals surface area contributed by atoms with Crippen LogP contribution in [0.4, 0.5) is 5.82 Å². The minimum atomic E-state index is -0.467. The molecule has 1 aliphatic rings. The molecule has 0 radical (unpaired) electrons. The second-order valence-corrected chi connectivity index (χ2v) is 4.07. The van der Waals surface area contributed by atoms with E-state index in [1.165, 1.54) is 6.07 Å². The van der Waals surface area contributed by atoms with Crippen molar-refractivity contribution in [2.75, 3.05) is 6.61 Å². The van der Waals surface area contributed by atoms with Gasteiger partial charge in [-0.15, -0.1) is 0 Å². The van der Waals surface area contributed by atoms with Gasteiger partial charge >= 0.3 is 5.82 Å². The number of nitro groups is 1. The number of ether oxygens (including phenoxy) is 1. The van der Waals surface area contributed by atoms with Crippen molar-refractivity contribution < 1.29 is 9.66 Å². The van der Waals surface area contributed by atoms with Gasteiger partial charge < -0.3 is 14.9 Å². The third-order valence-electron chi connectivity index (χ3n) is 2.81. The van der Waals surface area contributed by atoms with Gasteiger partial charge in [-0.1, -0.05) is 0 Å². The summed E-state index contributed by atoms with van der Waals surface area (Å²) in [4.78, 5) is 10.1. The molecule has 0 amide bonds. The molecule has 6 nitrogen and oxygen atoms in total. The van der Waals surface area contributed by atoms with Gasteiger partial charge in [0.25, 0.3) is 0 Å². The minimum Gasteiger partial charge on any atom is -0.376 e.